The summed E-state index contributed by atoms with van der Waals surface area (Å²) in [5.74, 6) is 0. The van der Waals surface area contributed by atoms with Gasteiger partial charge in [0, 0.05) is 6.42 Å². The Bertz CT molecular complexity index is 1670. The Morgan fingerprint density at radius 2 is 1.04 bits per heavy atom. The second-order valence-corrected chi connectivity index (χ2v) is 15.8. The lowest BCUT2D eigenvalue weighted by atomic mass is 9.65. The van der Waals surface area contributed by atoms with Gasteiger partial charge in [0.25, 0.3) is 0 Å². The summed E-state index contributed by atoms with van der Waals surface area (Å²) in [6, 6.07) is 0. The molecular formula is C50H68O2. The molecule has 1 saturated carbocycles. The van der Waals surface area contributed by atoms with Crippen molar-refractivity contribution in [3.8, 4) is 0 Å². The van der Waals surface area contributed by atoms with Crippen molar-refractivity contribution in [2.24, 2.45) is 5.41 Å². The van der Waals surface area contributed by atoms with Crippen molar-refractivity contribution in [3.63, 3.8) is 0 Å². The van der Waals surface area contributed by atoms with Crippen LogP contribution in [-0.2, 0) is 4.74 Å². The third-order valence-electron chi connectivity index (χ3n) is 9.36. The summed E-state index contributed by atoms with van der Waals surface area (Å²) < 4.78 is 6.48. The SMILES string of the molecule is CC(C)=CCCC(C)=CC=CC(C)=CC=CC(C)=CC=CC(C)=CC=CC(C)=CC=CC=C(C)C=CC=C(C)C1C=C2C(C)(C)CC(O)CC2(C)O1. The lowest BCUT2D eigenvalue weighted by Crippen LogP contribution is -2.45. The number of hydrogen-bond donors (Lipinski definition) is 1. The molecule has 0 spiro atoms. The van der Waals surface area contributed by atoms with Gasteiger partial charge in [-0.3, -0.25) is 0 Å². The fourth-order valence-corrected chi connectivity index (χ4v) is 6.48. The molecule has 0 aromatic carbocycles. The van der Waals surface area contributed by atoms with Gasteiger partial charge in [0.05, 0.1) is 17.8 Å². The maximum Gasteiger partial charge on any atom is 0.0982 e. The maximum atomic E-state index is 10.4. The zero-order valence-corrected chi connectivity index (χ0v) is 34.5. The molecule has 0 radical (unpaired) electrons. The van der Waals surface area contributed by atoms with E-state index in [4.69, 9.17) is 4.74 Å². The van der Waals surface area contributed by atoms with Crippen LogP contribution in [0, 0.1) is 5.41 Å². The highest BCUT2D eigenvalue weighted by molar-refractivity contribution is 5.38. The van der Waals surface area contributed by atoms with Crippen molar-refractivity contribution < 1.29 is 9.84 Å². The Morgan fingerprint density at radius 3 is 1.50 bits per heavy atom. The lowest BCUT2D eigenvalue weighted by molar-refractivity contribution is -0.0683. The summed E-state index contributed by atoms with van der Waals surface area (Å²) in [7, 11) is 0. The minimum absolute atomic E-state index is 0.0475. The van der Waals surface area contributed by atoms with Gasteiger partial charge in [-0.15, -0.1) is 0 Å². The summed E-state index contributed by atoms with van der Waals surface area (Å²) in [6.07, 6.45) is 48.2. The first kappa shape index (κ1) is 44.2. The predicted octanol–water partition coefficient (Wildman–Crippen LogP) is 14.0. The van der Waals surface area contributed by atoms with Crippen LogP contribution in [0.3, 0.4) is 0 Å². The summed E-state index contributed by atoms with van der Waals surface area (Å²) >= 11 is 0. The molecule has 3 atom stereocenters. The zero-order chi connectivity index (χ0) is 38.7. The van der Waals surface area contributed by atoms with Crippen LogP contribution in [0.5, 0.6) is 0 Å². The van der Waals surface area contributed by atoms with Crippen LogP contribution >= 0.6 is 0 Å². The van der Waals surface area contributed by atoms with Gasteiger partial charge in [-0.1, -0.05) is 174 Å². The van der Waals surface area contributed by atoms with Crippen molar-refractivity contribution >= 4 is 0 Å². The molecule has 3 unspecified atom stereocenters. The predicted molar refractivity (Wildman–Crippen MR) is 230 cm³/mol. The molecule has 2 heteroatoms. The molecule has 0 bridgehead atoms. The molecule has 0 aromatic heterocycles. The molecule has 0 aromatic rings. The first-order valence-corrected chi connectivity index (χ1v) is 19.0. The molecule has 2 aliphatic rings. The molecular weight excluding hydrogens is 633 g/mol. The zero-order valence-electron chi connectivity index (χ0n) is 34.5. The van der Waals surface area contributed by atoms with Crippen molar-refractivity contribution in [1.82, 2.24) is 0 Å². The van der Waals surface area contributed by atoms with Gasteiger partial charge in [-0.05, 0) is 111 Å². The molecule has 1 N–H and O–H groups in total. The van der Waals surface area contributed by atoms with Crippen LogP contribution in [0.1, 0.15) is 109 Å². The Kier molecular flexibility index (Phi) is 18.8. The second kappa shape index (κ2) is 22.2. The van der Waals surface area contributed by atoms with Gasteiger partial charge in [0.1, 0.15) is 0 Å². The number of allylic oxidation sites excluding steroid dienone is 27. The van der Waals surface area contributed by atoms with Crippen molar-refractivity contribution in [2.45, 2.75) is 127 Å². The summed E-state index contributed by atoms with van der Waals surface area (Å²) in [4.78, 5) is 0. The number of aliphatic hydroxyl groups excluding tert-OH is 1. The number of rotatable bonds is 16. The number of aliphatic hydroxyl groups is 1. The fraction of sp³-hybridized carbons (Fsp3) is 0.400. The summed E-state index contributed by atoms with van der Waals surface area (Å²) in [5.41, 5.74) is 10.8. The summed E-state index contributed by atoms with van der Waals surface area (Å²) in [5, 5.41) is 10.4. The number of ether oxygens (including phenoxy) is 1. The van der Waals surface area contributed by atoms with Gasteiger partial charge < -0.3 is 9.84 Å². The van der Waals surface area contributed by atoms with Crippen molar-refractivity contribution in [3.05, 3.63) is 178 Å². The Morgan fingerprint density at radius 1 is 0.615 bits per heavy atom. The Labute approximate surface area is 318 Å². The molecule has 1 aliphatic carbocycles. The minimum atomic E-state index is -0.383. The van der Waals surface area contributed by atoms with E-state index >= 15 is 0 Å². The average Bonchev–Trinajstić information content (AvgIpc) is 3.41. The van der Waals surface area contributed by atoms with E-state index in [-0.39, 0.29) is 23.2 Å². The smallest absolute Gasteiger partial charge is 0.0982 e. The Hall–Kier alpha value is -3.98. The van der Waals surface area contributed by atoms with Crippen LogP contribution in [-0.4, -0.2) is 22.9 Å². The topological polar surface area (TPSA) is 29.5 Å². The minimum Gasteiger partial charge on any atom is -0.393 e. The average molecular weight is 701 g/mol. The van der Waals surface area contributed by atoms with Crippen LogP contribution in [0.25, 0.3) is 0 Å². The monoisotopic (exact) mass is 701 g/mol. The molecule has 2 rings (SSSR count). The van der Waals surface area contributed by atoms with Crippen LogP contribution in [0.15, 0.2) is 178 Å². The van der Waals surface area contributed by atoms with Crippen LogP contribution in [0.4, 0.5) is 0 Å². The second-order valence-electron chi connectivity index (χ2n) is 15.8. The molecule has 2 nitrogen and oxygen atoms in total. The van der Waals surface area contributed by atoms with E-state index in [2.05, 4.69) is 211 Å². The van der Waals surface area contributed by atoms with Crippen molar-refractivity contribution in [1.29, 1.82) is 0 Å². The highest BCUT2D eigenvalue weighted by atomic mass is 16.5. The number of fused-ring (bicyclic) bond motifs is 1. The van der Waals surface area contributed by atoms with E-state index in [9.17, 15) is 5.11 Å². The largest absolute Gasteiger partial charge is 0.393 e. The highest BCUT2D eigenvalue weighted by Gasteiger charge is 2.50. The standard InChI is InChI=1S/C50H68O2/c1-38(2)21-15-24-41(5)26-17-28-43(7)30-19-32-44(8)31-18-29-42(6)27-16-25-39(3)22-13-14-23-40(4)33-20-34-45(9)47-35-48-49(10,11)36-46(51)37-50(48,12)52-47/h13-14,16-23,25-35,46-47,51H,15,24,36-37H2,1-12H3. The first-order chi connectivity index (χ1) is 24.5. The maximum absolute atomic E-state index is 10.4. The van der Waals surface area contributed by atoms with Gasteiger partial charge >= 0.3 is 0 Å². The van der Waals surface area contributed by atoms with E-state index in [0.29, 0.717) is 6.42 Å². The molecule has 52 heavy (non-hydrogen) atoms. The van der Waals surface area contributed by atoms with E-state index in [1.54, 1.807) is 0 Å². The molecule has 1 aliphatic heterocycles. The molecule has 1 fully saturated rings. The summed E-state index contributed by atoms with van der Waals surface area (Å²) in [6.45, 7) is 25.7. The highest BCUT2D eigenvalue weighted by Crippen LogP contribution is 2.52. The van der Waals surface area contributed by atoms with Crippen LogP contribution < -0.4 is 0 Å². The van der Waals surface area contributed by atoms with E-state index in [0.717, 1.165) is 19.3 Å². The normalized spacial score (nSPS) is 24.5. The van der Waals surface area contributed by atoms with Crippen LogP contribution in [0.2, 0.25) is 0 Å². The van der Waals surface area contributed by atoms with E-state index in [1.165, 1.54) is 50.2 Å². The van der Waals surface area contributed by atoms with Crippen molar-refractivity contribution in [2.75, 3.05) is 0 Å². The van der Waals surface area contributed by atoms with Gasteiger partial charge in [-0.25, -0.2) is 0 Å². The van der Waals surface area contributed by atoms with Gasteiger partial charge in [0.2, 0.25) is 0 Å². The third-order valence-corrected chi connectivity index (χ3v) is 9.36. The van der Waals surface area contributed by atoms with E-state index in [1.807, 2.05) is 0 Å². The fourth-order valence-electron chi connectivity index (χ4n) is 6.48. The molecule has 0 amide bonds. The van der Waals surface area contributed by atoms with E-state index < -0.39 is 0 Å². The molecule has 280 valence electrons. The third kappa shape index (κ3) is 17.0. The Balaban J connectivity index is 1.82. The lowest BCUT2D eigenvalue weighted by Gasteiger charge is -2.44. The molecule has 0 saturated heterocycles. The van der Waals surface area contributed by atoms with Gasteiger partial charge in [-0.2, -0.15) is 0 Å². The number of hydrogen-bond acceptors (Lipinski definition) is 2. The first-order valence-electron chi connectivity index (χ1n) is 19.0. The molecule has 1 heterocycles. The van der Waals surface area contributed by atoms with Gasteiger partial charge in [0.15, 0.2) is 0 Å². The quantitative estimate of drug-likeness (QED) is 0.128.